The number of fused-ring (bicyclic) bond motifs is 2. The Kier molecular flexibility index (Phi) is 8.77. The number of likely N-dealkylation sites (tertiary alicyclic amines) is 1. The molecule has 3 saturated heterocycles. The summed E-state index contributed by atoms with van der Waals surface area (Å²) in [5.41, 5.74) is 11.1. The number of nitrogens with one attached hydrogen (secondary N) is 1. The van der Waals surface area contributed by atoms with Gasteiger partial charge < -0.3 is 20.2 Å². The maximum Gasteiger partial charge on any atom is 0.255 e. The molecule has 9 heteroatoms. The Hall–Kier alpha value is -5.67. The van der Waals surface area contributed by atoms with Crippen LogP contribution in [0.4, 0.5) is 5.69 Å². The molecule has 3 fully saturated rings. The Morgan fingerprint density at radius 1 is 0.821 bits per heavy atom. The van der Waals surface area contributed by atoms with E-state index in [-0.39, 0.29) is 17.7 Å². The second-order valence-corrected chi connectivity index (χ2v) is 16.6. The van der Waals surface area contributed by atoms with E-state index in [1.54, 1.807) is 4.90 Å². The number of aryl methyl sites for hydroxylation is 1. The Morgan fingerprint density at radius 3 is 2.48 bits per heavy atom. The Labute approximate surface area is 328 Å². The number of anilines is 1. The molecule has 0 saturated carbocycles. The third kappa shape index (κ3) is 6.37. The molecule has 1 aliphatic carbocycles. The molecule has 2 N–H and O–H groups in total. The highest BCUT2D eigenvalue weighted by molar-refractivity contribution is 6.02. The predicted octanol–water partition coefficient (Wildman–Crippen LogP) is 7.25. The average Bonchev–Trinajstić information content (AvgIpc) is 3.95. The summed E-state index contributed by atoms with van der Waals surface area (Å²) in [5.74, 6) is 1.43. The number of benzene rings is 4. The standard InChI is InChI=1S/C47H48N6O3/c1-30-7-18-44(46(55)49-30)52-26-36-21-34(10-16-43(36)47(52)56)37-23-48-53(27-37)39-28-50(29-39)24-31-19-20-51(25-31)38-12-8-33(9-13-38)45-41(32-5-3-2-4-6-32)15-11-35-22-40(54)14-17-42(35)45/h2-6,8-10,12-14,16-17,21-23,27,31,39,41,44-45,54H,1,7,11,15,18-20,24-26,28-29H2,(H,49,55)/t31-,41+,44?,45-/m0/s1. The lowest BCUT2D eigenvalue weighted by molar-refractivity contribution is -0.126. The first kappa shape index (κ1) is 34.8. The lowest BCUT2D eigenvalue weighted by atomic mass is 9.69. The summed E-state index contributed by atoms with van der Waals surface area (Å²) < 4.78 is 2.11. The summed E-state index contributed by atoms with van der Waals surface area (Å²) in [6, 6.07) is 32.1. The number of phenols is 1. The van der Waals surface area contributed by atoms with E-state index in [0.29, 0.717) is 48.6 Å². The van der Waals surface area contributed by atoms with Gasteiger partial charge in [-0.1, -0.05) is 61.2 Å². The van der Waals surface area contributed by atoms with Crippen molar-refractivity contribution in [2.45, 2.75) is 62.6 Å². The molecule has 10 rings (SSSR count). The number of carbonyl (C=O) groups excluding carboxylic acids is 2. The van der Waals surface area contributed by atoms with Gasteiger partial charge in [-0.2, -0.15) is 5.10 Å². The second-order valence-electron chi connectivity index (χ2n) is 16.6. The van der Waals surface area contributed by atoms with E-state index in [4.69, 9.17) is 5.10 Å². The lowest BCUT2D eigenvalue weighted by Crippen LogP contribution is -2.49. The van der Waals surface area contributed by atoms with E-state index in [1.165, 1.54) is 34.4 Å². The van der Waals surface area contributed by atoms with E-state index in [0.717, 1.165) is 68.0 Å². The van der Waals surface area contributed by atoms with Gasteiger partial charge in [0.05, 0.1) is 12.2 Å². The maximum atomic E-state index is 13.2. The number of carbonyl (C=O) groups is 2. The van der Waals surface area contributed by atoms with Crippen LogP contribution >= 0.6 is 0 Å². The highest BCUT2D eigenvalue weighted by Gasteiger charge is 2.39. The van der Waals surface area contributed by atoms with Gasteiger partial charge in [-0.3, -0.25) is 19.2 Å². The van der Waals surface area contributed by atoms with E-state index in [9.17, 15) is 14.7 Å². The molecule has 5 heterocycles. The van der Waals surface area contributed by atoms with E-state index < -0.39 is 6.04 Å². The fraction of sp³-hybridized carbons (Fsp3) is 0.340. The van der Waals surface area contributed by atoms with Crippen molar-refractivity contribution in [3.63, 3.8) is 0 Å². The van der Waals surface area contributed by atoms with Crippen LogP contribution in [0.1, 0.15) is 81.7 Å². The third-order valence-corrected chi connectivity index (χ3v) is 13.1. The lowest BCUT2D eigenvalue weighted by Gasteiger charge is -2.40. The molecule has 4 atom stereocenters. The first-order chi connectivity index (χ1) is 27.3. The highest BCUT2D eigenvalue weighted by atomic mass is 16.3. The fourth-order valence-corrected chi connectivity index (χ4v) is 10.1. The van der Waals surface area contributed by atoms with E-state index in [1.807, 2.05) is 30.5 Å². The summed E-state index contributed by atoms with van der Waals surface area (Å²) in [7, 11) is 0. The van der Waals surface area contributed by atoms with Crippen molar-refractivity contribution in [2.24, 2.45) is 5.92 Å². The molecule has 1 unspecified atom stereocenters. The van der Waals surface area contributed by atoms with E-state index >= 15 is 0 Å². The SMILES string of the molecule is C=C1CCC(N2Cc3cc(-c4cnn(C5CN(C[C@@H]6CCN(c7ccc([C@@H]8c9ccc(O)cc9CC[C@@H]8c8ccccc8)cc7)C6)C5)c4)ccc3C2=O)C(=O)N1. The molecule has 9 nitrogen and oxygen atoms in total. The van der Waals surface area contributed by atoms with Crippen LogP contribution in [0, 0.1) is 5.92 Å². The number of phenolic OH excluding ortho intramolecular Hbond substituents is 1. The first-order valence-corrected chi connectivity index (χ1v) is 20.3. The van der Waals surface area contributed by atoms with Gasteiger partial charge in [-0.05, 0) is 114 Å². The van der Waals surface area contributed by atoms with Gasteiger partial charge in [-0.25, -0.2) is 0 Å². The van der Waals surface area contributed by atoms with Crippen LogP contribution in [-0.2, 0) is 17.8 Å². The number of allylic oxidation sites excluding steroid dienone is 1. The number of hydrogen-bond acceptors (Lipinski definition) is 6. The molecular weight excluding hydrogens is 697 g/mol. The molecule has 1 aromatic heterocycles. The van der Waals surface area contributed by atoms with Crippen LogP contribution in [0.5, 0.6) is 5.75 Å². The molecule has 4 aliphatic heterocycles. The zero-order valence-corrected chi connectivity index (χ0v) is 31.7. The van der Waals surface area contributed by atoms with Crippen LogP contribution in [0.15, 0.2) is 116 Å². The van der Waals surface area contributed by atoms with Gasteiger partial charge in [0.25, 0.3) is 5.91 Å². The Bertz CT molecular complexity index is 2310. The van der Waals surface area contributed by atoms with Gasteiger partial charge in [0.1, 0.15) is 11.8 Å². The molecular formula is C47H48N6O3. The van der Waals surface area contributed by atoms with Crippen LogP contribution in [0.25, 0.3) is 11.1 Å². The molecule has 5 aromatic rings. The summed E-state index contributed by atoms with van der Waals surface area (Å²) >= 11 is 0. The van der Waals surface area contributed by atoms with Crippen molar-refractivity contribution < 1.29 is 14.7 Å². The van der Waals surface area contributed by atoms with Gasteiger partial charge in [0.2, 0.25) is 5.91 Å². The minimum Gasteiger partial charge on any atom is -0.508 e. The molecule has 56 heavy (non-hydrogen) atoms. The Balaban J connectivity index is 0.746. The van der Waals surface area contributed by atoms with Crippen molar-refractivity contribution in [3.8, 4) is 16.9 Å². The minimum absolute atomic E-state index is 0.0748. The largest absolute Gasteiger partial charge is 0.508 e. The number of hydrogen-bond donors (Lipinski definition) is 2. The van der Waals surface area contributed by atoms with Gasteiger partial charge in [0.15, 0.2) is 0 Å². The minimum atomic E-state index is -0.454. The van der Waals surface area contributed by atoms with Crippen LogP contribution in [0.2, 0.25) is 0 Å². The molecule has 5 aliphatic rings. The molecule has 0 bridgehead atoms. The maximum absolute atomic E-state index is 13.2. The zero-order chi connectivity index (χ0) is 37.9. The molecule has 0 spiro atoms. The summed E-state index contributed by atoms with van der Waals surface area (Å²) in [6.07, 6.45) is 8.61. The average molecular weight is 745 g/mol. The van der Waals surface area contributed by atoms with E-state index in [2.05, 4.69) is 99.3 Å². The Morgan fingerprint density at radius 2 is 1.66 bits per heavy atom. The van der Waals surface area contributed by atoms with Gasteiger partial charge in [0, 0.05) is 73.9 Å². The van der Waals surface area contributed by atoms with Crippen molar-refractivity contribution in [1.29, 1.82) is 0 Å². The van der Waals surface area contributed by atoms with Crippen molar-refractivity contribution >= 4 is 17.5 Å². The van der Waals surface area contributed by atoms with Crippen molar-refractivity contribution in [2.75, 3.05) is 37.6 Å². The number of rotatable bonds is 8. The van der Waals surface area contributed by atoms with Crippen molar-refractivity contribution in [3.05, 3.63) is 149 Å². The predicted molar refractivity (Wildman–Crippen MR) is 218 cm³/mol. The summed E-state index contributed by atoms with van der Waals surface area (Å²) in [6.45, 7) is 9.57. The number of amides is 2. The number of piperidine rings is 1. The third-order valence-electron chi connectivity index (χ3n) is 13.1. The fourth-order valence-electron chi connectivity index (χ4n) is 10.1. The topological polar surface area (TPSA) is 93.9 Å². The molecule has 4 aromatic carbocycles. The smallest absolute Gasteiger partial charge is 0.255 e. The second kappa shape index (κ2) is 14.1. The van der Waals surface area contributed by atoms with Crippen LogP contribution in [-0.4, -0.2) is 75.3 Å². The summed E-state index contributed by atoms with van der Waals surface area (Å²) in [5, 5.41) is 17.8. The normalized spacial score (nSPS) is 23.9. The van der Waals surface area contributed by atoms with Gasteiger partial charge in [-0.15, -0.1) is 0 Å². The monoisotopic (exact) mass is 744 g/mol. The quantitative estimate of drug-likeness (QED) is 0.174. The molecule has 284 valence electrons. The number of aromatic hydroxyl groups is 1. The van der Waals surface area contributed by atoms with Gasteiger partial charge >= 0.3 is 0 Å². The van der Waals surface area contributed by atoms with Crippen LogP contribution < -0.4 is 10.2 Å². The van der Waals surface area contributed by atoms with Crippen LogP contribution in [0.3, 0.4) is 0 Å². The van der Waals surface area contributed by atoms with Crippen molar-refractivity contribution in [1.82, 2.24) is 24.9 Å². The first-order valence-electron chi connectivity index (χ1n) is 20.3. The highest BCUT2D eigenvalue weighted by Crippen LogP contribution is 2.47. The molecule has 2 amide bonds. The number of nitrogens with zero attached hydrogens (tertiary/aromatic N) is 5. The zero-order valence-electron chi connectivity index (χ0n) is 31.7. The number of aromatic nitrogens is 2. The summed E-state index contributed by atoms with van der Waals surface area (Å²) in [4.78, 5) is 32.7. The molecule has 0 radical (unpaired) electrons.